The second-order valence-corrected chi connectivity index (χ2v) is 12.8. The molecular formula is C37H39N9O. The van der Waals surface area contributed by atoms with Crippen LogP contribution in [0.1, 0.15) is 52.2 Å². The highest BCUT2D eigenvalue weighted by Gasteiger charge is 2.23. The third kappa shape index (κ3) is 7.20. The minimum absolute atomic E-state index is 0.230. The van der Waals surface area contributed by atoms with Gasteiger partial charge in [-0.05, 0) is 86.8 Å². The van der Waals surface area contributed by atoms with Gasteiger partial charge in [0.2, 0.25) is 0 Å². The van der Waals surface area contributed by atoms with Crippen molar-refractivity contribution in [2.24, 2.45) is 7.05 Å². The first kappa shape index (κ1) is 31.6. The molecule has 0 atom stereocenters. The Kier molecular flexibility index (Phi) is 8.82. The van der Waals surface area contributed by atoms with E-state index in [2.05, 4.69) is 61.5 Å². The monoisotopic (exact) mass is 625 g/mol. The number of aryl methyl sites for hydroxylation is 2. The quantitative estimate of drug-likeness (QED) is 0.236. The van der Waals surface area contributed by atoms with Gasteiger partial charge in [-0.25, -0.2) is 4.98 Å². The normalized spacial score (nSPS) is 14.0. The van der Waals surface area contributed by atoms with E-state index in [0.717, 1.165) is 77.7 Å². The van der Waals surface area contributed by atoms with Crippen LogP contribution in [0.3, 0.4) is 0 Å². The number of amides is 1. The molecule has 0 unspecified atom stereocenters. The SMILES string of the molecule is Cc1ccc(C(=O)Nc2cc(CN3CCN(C)CC3)cc(C(C)(C)C#N)c2)cc1C#Cc1cnc2c(Nc3cnn(C)c3)cccn12. The van der Waals surface area contributed by atoms with Gasteiger partial charge in [0, 0.05) is 69.0 Å². The summed E-state index contributed by atoms with van der Waals surface area (Å²) in [5, 5.41) is 20.6. The van der Waals surface area contributed by atoms with Crippen molar-refractivity contribution in [3.8, 4) is 17.9 Å². The number of aromatic nitrogens is 4. The molecule has 1 saturated heterocycles. The van der Waals surface area contributed by atoms with E-state index in [0.29, 0.717) is 11.3 Å². The van der Waals surface area contributed by atoms with Gasteiger partial charge in [-0.1, -0.05) is 18.1 Å². The maximum absolute atomic E-state index is 13.6. The summed E-state index contributed by atoms with van der Waals surface area (Å²) >= 11 is 0. The Morgan fingerprint density at radius 2 is 1.81 bits per heavy atom. The van der Waals surface area contributed by atoms with Gasteiger partial charge in [-0.2, -0.15) is 10.4 Å². The van der Waals surface area contributed by atoms with Gasteiger partial charge in [0.05, 0.1) is 35.3 Å². The van der Waals surface area contributed by atoms with Crippen LogP contribution in [-0.4, -0.2) is 68.1 Å². The smallest absolute Gasteiger partial charge is 0.255 e. The van der Waals surface area contributed by atoms with Crippen molar-refractivity contribution in [2.45, 2.75) is 32.7 Å². The van der Waals surface area contributed by atoms with Crippen molar-refractivity contribution >= 4 is 28.6 Å². The molecule has 10 nitrogen and oxygen atoms in total. The fourth-order valence-corrected chi connectivity index (χ4v) is 5.62. The third-order valence-corrected chi connectivity index (χ3v) is 8.60. The molecule has 0 saturated carbocycles. The maximum Gasteiger partial charge on any atom is 0.255 e. The number of nitriles is 1. The molecule has 1 fully saturated rings. The van der Waals surface area contributed by atoms with Crippen LogP contribution in [0.5, 0.6) is 0 Å². The highest BCUT2D eigenvalue weighted by molar-refractivity contribution is 6.04. The Labute approximate surface area is 275 Å². The van der Waals surface area contributed by atoms with E-state index < -0.39 is 5.41 Å². The first-order chi connectivity index (χ1) is 22.6. The summed E-state index contributed by atoms with van der Waals surface area (Å²) in [6.45, 7) is 10.6. The van der Waals surface area contributed by atoms with Crippen LogP contribution < -0.4 is 10.6 Å². The van der Waals surface area contributed by atoms with E-state index in [-0.39, 0.29) is 5.91 Å². The lowest BCUT2D eigenvalue weighted by atomic mass is 9.85. The summed E-state index contributed by atoms with van der Waals surface area (Å²) in [6, 6.07) is 17.9. The second kappa shape index (κ2) is 13.1. The molecule has 3 aromatic heterocycles. The molecule has 1 aliphatic heterocycles. The van der Waals surface area contributed by atoms with Crippen molar-refractivity contribution in [2.75, 3.05) is 43.9 Å². The van der Waals surface area contributed by atoms with Crippen molar-refractivity contribution in [1.29, 1.82) is 5.26 Å². The fraction of sp³-hybridized carbons (Fsp3) is 0.297. The molecule has 0 aliphatic carbocycles. The Hall–Kier alpha value is -5.42. The Bertz CT molecular complexity index is 2050. The van der Waals surface area contributed by atoms with Gasteiger partial charge in [0.1, 0.15) is 5.69 Å². The van der Waals surface area contributed by atoms with Crippen LogP contribution in [-0.2, 0) is 19.0 Å². The lowest BCUT2D eigenvalue weighted by molar-refractivity contribution is 0.102. The van der Waals surface area contributed by atoms with Crippen LogP contribution in [0.25, 0.3) is 5.65 Å². The number of rotatable bonds is 7. The number of hydrogen-bond acceptors (Lipinski definition) is 7. The van der Waals surface area contributed by atoms with E-state index in [1.54, 1.807) is 17.1 Å². The molecule has 1 amide bonds. The van der Waals surface area contributed by atoms with E-state index in [4.69, 9.17) is 0 Å². The minimum Gasteiger partial charge on any atom is -0.350 e. The highest BCUT2D eigenvalue weighted by atomic mass is 16.1. The Morgan fingerprint density at radius 1 is 1.00 bits per heavy atom. The molecule has 1 aliphatic rings. The van der Waals surface area contributed by atoms with Crippen LogP contribution in [0.4, 0.5) is 17.1 Å². The zero-order valence-electron chi connectivity index (χ0n) is 27.5. The summed E-state index contributed by atoms with van der Waals surface area (Å²) < 4.78 is 3.67. The number of piperazine rings is 1. The van der Waals surface area contributed by atoms with E-state index in [9.17, 15) is 10.1 Å². The summed E-state index contributed by atoms with van der Waals surface area (Å²) in [4.78, 5) is 22.9. The van der Waals surface area contributed by atoms with Crippen LogP contribution in [0.15, 0.2) is 73.3 Å². The molecule has 0 radical (unpaired) electrons. The van der Waals surface area contributed by atoms with Gasteiger partial charge in [0.25, 0.3) is 5.91 Å². The molecule has 2 N–H and O–H groups in total. The number of fused-ring (bicyclic) bond motifs is 1. The zero-order valence-corrected chi connectivity index (χ0v) is 27.5. The number of carbonyl (C=O) groups excluding carboxylic acids is 1. The van der Waals surface area contributed by atoms with E-state index in [1.165, 1.54) is 0 Å². The van der Waals surface area contributed by atoms with Gasteiger partial charge < -0.3 is 15.5 Å². The minimum atomic E-state index is -0.697. The van der Waals surface area contributed by atoms with Crippen molar-refractivity contribution < 1.29 is 4.79 Å². The van der Waals surface area contributed by atoms with Gasteiger partial charge in [-0.15, -0.1) is 0 Å². The predicted molar refractivity (Wildman–Crippen MR) is 185 cm³/mol. The molecule has 4 heterocycles. The number of pyridine rings is 1. The van der Waals surface area contributed by atoms with Crippen LogP contribution in [0.2, 0.25) is 0 Å². The van der Waals surface area contributed by atoms with Crippen molar-refractivity contribution in [3.05, 3.63) is 107 Å². The molecule has 238 valence electrons. The molecule has 6 rings (SSSR count). The summed E-state index contributed by atoms with van der Waals surface area (Å²) in [7, 11) is 4.01. The molecule has 2 aromatic carbocycles. The first-order valence-corrected chi connectivity index (χ1v) is 15.7. The average molecular weight is 626 g/mol. The van der Waals surface area contributed by atoms with Gasteiger partial charge in [-0.3, -0.25) is 18.8 Å². The van der Waals surface area contributed by atoms with Gasteiger partial charge in [0.15, 0.2) is 5.65 Å². The lowest BCUT2D eigenvalue weighted by Gasteiger charge is -2.32. The molecule has 10 heteroatoms. The summed E-state index contributed by atoms with van der Waals surface area (Å²) in [6.07, 6.45) is 7.34. The number of nitrogens with one attached hydrogen (secondary N) is 2. The standard InChI is InChI=1S/C37H39N9O/c1-26-8-9-29(19-28(26)10-11-33-22-39-35-34(7-6-12-46(33)35)41-32-21-40-44(5)24-32)36(47)42-31-18-27(17-30(20-31)37(2,3)25-38)23-45-15-13-43(4)14-16-45/h6-9,12,17-22,24,41H,13-16,23H2,1-5H3,(H,42,47). The predicted octanol–water partition coefficient (Wildman–Crippen LogP) is 5.32. The topological polar surface area (TPSA) is 107 Å². The zero-order chi connectivity index (χ0) is 33.1. The van der Waals surface area contributed by atoms with Crippen LogP contribution >= 0.6 is 0 Å². The number of benzene rings is 2. The van der Waals surface area contributed by atoms with E-state index in [1.807, 2.05) is 87.1 Å². The number of nitrogens with zero attached hydrogens (tertiary/aromatic N) is 7. The van der Waals surface area contributed by atoms with Gasteiger partial charge >= 0.3 is 0 Å². The Morgan fingerprint density at radius 3 is 2.55 bits per heavy atom. The molecule has 5 aromatic rings. The average Bonchev–Trinajstić information content (AvgIpc) is 3.67. The number of carbonyl (C=O) groups is 1. The highest BCUT2D eigenvalue weighted by Crippen LogP contribution is 2.28. The third-order valence-electron chi connectivity index (χ3n) is 8.60. The van der Waals surface area contributed by atoms with Crippen LogP contribution in [0, 0.1) is 30.1 Å². The number of likely N-dealkylation sites (N-methyl/N-ethyl adjacent to an activating group) is 1. The van der Waals surface area contributed by atoms with E-state index >= 15 is 0 Å². The van der Waals surface area contributed by atoms with Crippen molar-refractivity contribution in [1.82, 2.24) is 29.0 Å². The fourth-order valence-electron chi connectivity index (χ4n) is 5.62. The largest absolute Gasteiger partial charge is 0.350 e. The summed E-state index contributed by atoms with van der Waals surface area (Å²) in [5.41, 5.74) is 7.36. The molecular weight excluding hydrogens is 586 g/mol. The molecule has 0 spiro atoms. The number of anilines is 3. The van der Waals surface area contributed by atoms with Crippen molar-refractivity contribution in [3.63, 3.8) is 0 Å². The second-order valence-electron chi connectivity index (χ2n) is 12.8. The number of hydrogen-bond donors (Lipinski definition) is 2. The first-order valence-electron chi connectivity index (χ1n) is 15.7. The molecule has 47 heavy (non-hydrogen) atoms. The Balaban J connectivity index is 1.23. The summed E-state index contributed by atoms with van der Waals surface area (Å²) in [5.74, 6) is 6.29. The number of imidazole rings is 1. The lowest BCUT2D eigenvalue weighted by Crippen LogP contribution is -2.43. The molecule has 0 bridgehead atoms. The maximum atomic E-state index is 13.6.